The van der Waals surface area contributed by atoms with Crippen molar-refractivity contribution >= 4 is 47.9 Å². The van der Waals surface area contributed by atoms with Crippen LogP contribution in [0.25, 0.3) is 0 Å². The second kappa shape index (κ2) is 4.68. The Hall–Kier alpha value is -0.140. The molecule has 0 unspecified atom stereocenters. The van der Waals surface area contributed by atoms with Crippen LogP contribution < -0.4 is 5.73 Å². The molecule has 1 radical (unpaired) electrons. The summed E-state index contributed by atoms with van der Waals surface area (Å²) in [6, 6.07) is 6.97. The molecule has 0 heterocycles. The monoisotopic (exact) mass is 173 g/mol. The summed E-state index contributed by atoms with van der Waals surface area (Å²) in [7, 11) is 0. The number of nitrogens with zero attached hydrogens (tertiary/aromatic N) is 1. The summed E-state index contributed by atoms with van der Waals surface area (Å²) < 4.78 is 0. The third-order valence-corrected chi connectivity index (χ3v) is 1.56. The van der Waals surface area contributed by atoms with Crippen molar-refractivity contribution in [3.05, 3.63) is 23.8 Å². The summed E-state index contributed by atoms with van der Waals surface area (Å²) in [6.07, 6.45) is 0. The molecule has 1 aromatic carbocycles. The van der Waals surface area contributed by atoms with Crippen molar-refractivity contribution in [2.24, 2.45) is 0 Å². The van der Waals surface area contributed by atoms with Crippen LogP contribution in [0.4, 0.5) is 5.69 Å². The number of hydrogen-bond donors (Lipinski definition) is 2. The predicted molar refractivity (Wildman–Crippen MR) is 48.6 cm³/mol. The first-order chi connectivity index (χ1) is 4.74. The number of hydrogen-bond acceptors (Lipinski definition) is 3. The minimum atomic E-state index is 0. The molecule has 0 bridgehead atoms. The van der Waals surface area contributed by atoms with E-state index in [1.54, 1.807) is 18.2 Å². The van der Waals surface area contributed by atoms with Crippen LogP contribution in [0.2, 0.25) is 0 Å². The quantitative estimate of drug-likeness (QED) is 0.350. The minimum Gasteiger partial charge on any atom is -0.398 e. The Morgan fingerprint density at radius 3 is 2.55 bits per heavy atom. The van der Waals surface area contributed by atoms with Crippen LogP contribution >= 0.6 is 12.6 Å². The van der Waals surface area contributed by atoms with Crippen LogP contribution in [0.15, 0.2) is 23.1 Å². The van der Waals surface area contributed by atoms with Gasteiger partial charge in [-0.2, -0.15) is 5.26 Å². The first kappa shape index (κ1) is 10.9. The molecular formula is C7H6N2NaS. The van der Waals surface area contributed by atoms with Gasteiger partial charge in [-0.05, 0) is 18.2 Å². The fourth-order valence-electron chi connectivity index (χ4n) is 0.624. The topological polar surface area (TPSA) is 49.8 Å². The van der Waals surface area contributed by atoms with Crippen LogP contribution in [-0.2, 0) is 0 Å². The third kappa shape index (κ3) is 2.76. The van der Waals surface area contributed by atoms with Crippen LogP contribution in [0.3, 0.4) is 0 Å². The molecule has 1 rings (SSSR count). The van der Waals surface area contributed by atoms with E-state index in [2.05, 4.69) is 12.6 Å². The Morgan fingerprint density at radius 2 is 2.09 bits per heavy atom. The number of nitrogen functional groups attached to an aromatic ring is 1. The maximum absolute atomic E-state index is 8.42. The SMILES string of the molecule is N#Cc1ccc(S)c(N)c1.[Na]. The Bertz CT molecular complexity index is 293. The maximum Gasteiger partial charge on any atom is 0.0992 e. The minimum absolute atomic E-state index is 0. The molecule has 2 nitrogen and oxygen atoms in total. The van der Waals surface area contributed by atoms with Gasteiger partial charge in [-0.15, -0.1) is 12.6 Å². The molecule has 0 aliphatic carbocycles. The number of benzene rings is 1. The van der Waals surface area contributed by atoms with Gasteiger partial charge in [0.25, 0.3) is 0 Å². The summed E-state index contributed by atoms with van der Waals surface area (Å²) in [5.41, 5.74) is 6.58. The van der Waals surface area contributed by atoms with Gasteiger partial charge in [-0.25, -0.2) is 0 Å². The molecule has 0 spiro atoms. The first-order valence-corrected chi connectivity index (χ1v) is 3.17. The third-order valence-electron chi connectivity index (χ3n) is 1.16. The van der Waals surface area contributed by atoms with E-state index in [1.807, 2.05) is 6.07 Å². The second-order valence-electron chi connectivity index (χ2n) is 1.89. The molecule has 51 valence electrons. The van der Waals surface area contributed by atoms with Crippen molar-refractivity contribution in [3.8, 4) is 6.07 Å². The number of nitriles is 1. The summed E-state index contributed by atoms with van der Waals surface area (Å²) in [4.78, 5) is 0.707. The number of rotatable bonds is 0. The van der Waals surface area contributed by atoms with Crippen molar-refractivity contribution in [2.75, 3.05) is 5.73 Å². The molecule has 0 amide bonds. The van der Waals surface area contributed by atoms with Gasteiger partial charge in [0.1, 0.15) is 0 Å². The Kier molecular flexibility index (Phi) is 4.62. The van der Waals surface area contributed by atoms with Crippen molar-refractivity contribution in [3.63, 3.8) is 0 Å². The zero-order valence-electron chi connectivity index (χ0n) is 6.20. The second-order valence-corrected chi connectivity index (χ2v) is 2.37. The standard InChI is InChI=1S/C7H6N2S.Na/c8-4-5-1-2-7(10)6(9)3-5;/h1-3,10H,9H2;. The summed E-state index contributed by atoms with van der Waals surface area (Å²) >= 11 is 4.05. The average Bonchev–Trinajstić information content (AvgIpc) is 1.95. The Morgan fingerprint density at radius 1 is 1.45 bits per heavy atom. The van der Waals surface area contributed by atoms with E-state index in [4.69, 9.17) is 11.0 Å². The van der Waals surface area contributed by atoms with Gasteiger partial charge in [0.05, 0.1) is 11.6 Å². The van der Waals surface area contributed by atoms with Crippen molar-refractivity contribution in [2.45, 2.75) is 4.90 Å². The van der Waals surface area contributed by atoms with Crippen LogP contribution in [-0.4, -0.2) is 29.6 Å². The van der Waals surface area contributed by atoms with E-state index in [1.165, 1.54) is 0 Å². The van der Waals surface area contributed by atoms with Gasteiger partial charge in [-0.3, -0.25) is 0 Å². The molecule has 0 aromatic heterocycles. The van der Waals surface area contributed by atoms with Gasteiger partial charge in [0.2, 0.25) is 0 Å². The molecule has 0 saturated heterocycles. The number of thiol groups is 1. The smallest absolute Gasteiger partial charge is 0.0992 e. The van der Waals surface area contributed by atoms with E-state index in [0.717, 1.165) is 0 Å². The average molecular weight is 173 g/mol. The zero-order chi connectivity index (χ0) is 7.56. The molecule has 11 heavy (non-hydrogen) atoms. The van der Waals surface area contributed by atoms with Crippen molar-refractivity contribution < 1.29 is 0 Å². The Balaban J connectivity index is 0.000001000. The molecule has 0 fully saturated rings. The van der Waals surface area contributed by atoms with Crippen molar-refractivity contribution in [1.29, 1.82) is 5.26 Å². The van der Waals surface area contributed by atoms with Gasteiger partial charge in [0, 0.05) is 40.1 Å². The van der Waals surface area contributed by atoms with Gasteiger partial charge >= 0.3 is 0 Å². The summed E-state index contributed by atoms with van der Waals surface area (Å²) in [5.74, 6) is 0. The largest absolute Gasteiger partial charge is 0.398 e. The Labute approximate surface area is 93.1 Å². The zero-order valence-corrected chi connectivity index (χ0v) is 9.10. The van der Waals surface area contributed by atoms with Crippen LogP contribution in [0.1, 0.15) is 5.56 Å². The molecule has 0 aliphatic rings. The predicted octanol–water partition coefficient (Wildman–Crippen LogP) is 1.05. The molecule has 1 aromatic rings. The molecule has 0 saturated carbocycles. The van der Waals surface area contributed by atoms with E-state index >= 15 is 0 Å². The molecule has 2 N–H and O–H groups in total. The van der Waals surface area contributed by atoms with E-state index < -0.39 is 0 Å². The van der Waals surface area contributed by atoms with E-state index in [-0.39, 0.29) is 29.6 Å². The molecule has 0 aliphatic heterocycles. The fourth-order valence-corrected chi connectivity index (χ4v) is 0.763. The number of nitrogens with two attached hydrogens (primary N) is 1. The molecule has 4 heteroatoms. The van der Waals surface area contributed by atoms with Crippen LogP contribution in [0, 0.1) is 11.3 Å². The van der Waals surface area contributed by atoms with Gasteiger partial charge < -0.3 is 5.73 Å². The molecule has 0 atom stereocenters. The van der Waals surface area contributed by atoms with E-state index in [9.17, 15) is 0 Å². The van der Waals surface area contributed by atoms with Gasteiger partial charge in [0.15, 0.2) is 0 Å². The maximum atomic E-state index is 8.42. The number of anilines is 1. The summed E-state index contributed by atoms with van der Waals surface area (Å²) in [6.45, 7) is 0. The normalized spacial score (nSPS) is 8.00. The summed E-state index contributed by atoms with van der Waals surface area (Å²) in [5, 5.41) is 8.42. The van der Waals surface area contributed by atoms with Crippen molar-refractivity contribution in [1.82, 2.24) is 0 Å². The van der Waals surface area contributed by atoms with Crippen LogP contribution in [0.5, 0.6) is 0 Å². The fraction of sp³-hybridized carbons (Fsp3) is 0. The molecular weight excluding hydrogens is 167 g/mol. The van der Waals surface area contributed by atoms with E-state index in [0.29, 0.717) is 16.1 Å². The first-order valence-electron chi connectivity index (χ1n) is 2.72. The van der Waals surface area contributed by atoms with Gasteiger partial charge in [-0.1, -0.05) is 0 Å².